The van der Waals surface area contributed by atoms with Gasteiger partial charge in [-0.1, -0.05) is 19.1 Å². The van der Waals surface area contributed by atoms with Crippen LogP contribution in [0.1, 0.15) is 29.8 Å². The Hall–Kier alpha value is -2.01. The fraction of sp³-hybridized carbons (Fsp3) is 0.267. The predicted molar refractivity (Wildman–Crippen MR) is 83.1 cm³/mol. The summed E-state index contributed by atoms with van der Waals surface area (Å²) < 4.78 is 0. The lowest BCUT2D eigenvalue weighted by molar-refractivity contribution is 0.861. The lowest BCUT2D eigenvalue weighted by Crippen LogP contribution is -2.08. The van der Waals surface area contributed by atoms with Crippen molar-refractivity contribution in [3.8, 4) is 0 Å². The second kappa shape index (κ2) is 5.54. The highest BCUT2D eigenvalue weighted by Gasteiger charge is 2.12. The second-order valence-electron chi connectivity index (χ2n) is 4.62. The third-order valence-corrected chi connectivity index (χ3v) is 4.51. The molecule has 0 radical (unpaired) electrons. The summed E-state index contributed by atoms with van der Waals surface area (Å²) in [4.78, 5) is 14.4. The molecule has 0 fully saturated rings. The monoisotopic (exact) mass is 284 g/mol. The molecule has 0 saturated heterocycles. The second-order valence-corrected chi connectivity index (χ2v) is 5.77. The molecular weight excluding hydrogens is 268 g/mol. The van der Waals surface area contributed by atoms with Crippen LogP contribution in [0.5, 0.6) is 0 Å². The minimum absolute atomic E-state index is 0.138. The van der Waals surface area contributed by atoms with Gasteiger partial charge in [-0.3, -0.25) is 0 Å². The van der Waals surface area contributed by atoms with E-state index in [0.29, 0.717) is 0 Å². The minimum Gasteiger partial charge on any atom is -0.360 e. The minimum atomic E-state index is 0.138. The van der Waals surface area contributed by atoms with Gasteiger partial charge in [-0.15, -0.1) is 11.3 Å². The number of para-hydroxylation sites is 1. The molecule has 5 heteroatoms. The van der Waals surface area contributed by atoms with Crippen LogP contribution in [0.4, 0.5) is 5.82 Å². The van der Waals surface area contributed by atoms with Gasteiger partial charge in [0.15, 0.2) is 0 Å². The number of nitrogens with zero attached hydrogens (tertiary/aromatic N) is 3. The van der Waals surface area contributed by atoms with Crippen LogP contribution in [0.3, 0.4) is 0 Å². The summed E-state index contributed by atoms with van der Waals surface area (Å²) in [5, 5.41) is 5.56. The summed E-state index contributed by atoms with van der Waals surface area (Å²) >= 11 is 1.75. The van der Waals surface area contributed by atoms with E-state index in [1.807, 2.05) is 30.5 Å². The average Bonchev–Trinajstić information content (AvgIpc) is 2.97. The van der Waals surface area contributed by atoms with Crippen molar-refractivity contribution in [2.45, 2.75) is 26.3 Å². The highest BCUT2D eigenvalue weighted by Crippen LogP contribution is 2.26. The quantitative estimate of drug-likeness (QED) is 0.791. The summed E-state index contributed by atoms with van der Waals surface area (Å²) in [5.41, 5.74) is 0.950. The maximum absolute atomic E-state index is 4.48. The van der Waals surface area contributed by atoms with Gasteiger partial charge in [0, 0.05) is 16.5 Å². The predicted octanol–water partition coefficient (Wildman–Crippen LogP) is 3.82. The van der Waals surface area contributed by atoms with Gasteiger partial charge in [0.25, 0.3) is 0 Å². The van der Waals surface area contributed by atoms with Gasteiger partial charge in [-0.2, -0.15) is 0 Å². The average molecular weight is 284 g/mol. The Balaban J connectivity index is 1.89. The lowest BCUT2D eigenvalue weighted by atomic mass is 10.2. The van der Waals surface area contributed by atoms with Crippen molar-refractivity contribution >= 4 is 28.1 Å². The Morgan fingerprint density at radius 1 is 1.20 bits per heavy atom. The van der Waals surface area contributed by atoms with E-state index in [4.69, 9.17) is 0 Å². The molecule has 0 amide bonds. The molecule has 20 heavy (non-hydrogen) atoms. The highest BCUT2D eigenvalue weighted by molar-refractivity contribution is 7.11. The summed E-state index contributed by atoms with van der Waals surface area (Å²) in [6.07, 6.45) is 4.58. The van der Waals surface area contributed by atoms with Crippen LogP contribution in [0.2, 0.25) is 0 Å². The first-order valence-corrected chi connectivity index (χ1v) is 7.50. The molecule has 0 aliphatic rings. The van der Waals surface area contributed by atoms with Crippen molar-refractivity contribution in [1.29, 1.82) is 0 Å². The number of aromatic nitrogens is 3. The first-order valence-electron chi connectivity index (χ1n) is 6.69. The van der Waals surface area contributed by atoms with Gasteiger partial charge in [0.2, 0.25) is 0 Å². The first kappa shape index (κ1) is 13.0. The normalized spacial score (nSPS) is 12.5. The zero-order valence-corrected chi connectivity index (χ0v) is 12.3. The van der Waals surface area contributed by atoms with Crippen molar-refractivity contribution in [3.63, 3.8) is 0 Å². The maximum atomic E-state index is 4.48. The van der Waals surface area contributed by atoms with Crippen LogP contribution >= 0.6 is 11.3 Å². The molecule has 0 saturated carbocycles. The molecule has 102 valence electrons. The van der Waals surface area contributed by atoms with E-state index in [1.54, 1.807) is 17.7 Å². The number of rotatable bonds is 4. The van der Waals surface area contributed by atoms with E-state index in [2.05, 4.69) is 34.1 Å². The fourth-order valence-electron chi connectivity index (χ4n) is 2.07. The van der Waals surface area contributed by atoms with Crippen LogP contribution in [-0.4, -0.2) is 15.0 Å². The Morgan fingerprint density at radius 2 is 2.05 bits per heavy atom. The molecule has 1 N–H and O–H groups in total. The summed E-state index contributed by atoms with van der Waals surface area (Å²) in [5.74, 6) is 0.858. The van der Waals surface area contributed by atoms with Crippen LogP contribution in [0.25, 0.3) is 10.9 Å². The first-order chi connectivity index (χ1) is 9.78. The number of hydrogen-bond acceptors (Lipinski definition) is 5. The maximum Gasteiger partial charge on any atom is 0.137 e. The lowest BCUT2D eigenvalue weighted by Gasteiger charge is -2.13. The van der Waals surface area contributed by atoms with Gasteiger partial charge < -0.3 is 5.32 Å². The zero-order chi connectivity index (χ0) is 13.9. The number of thiazole rings is 1. The zero-order valence-electron chi connectivity index (χ0n) is 11.5. The van der Waals surface area contributed by atoms with Gasteiger partial charge in [0.1, 0.15) is 17.2 Å². The van der Waals surface area contributed by atoms with E-state index in [1.165, 1.54) is 4.88 Å². The van der Waals surface area contributed by atoms with Crippen molar-refractivity contribution in [2.24, 2.45) is 0 Å². The molecule has 4 nitrogen and oxygen atoms in total. The third kappa shape index (κ3) is 2.49. The number of fused-ring (bicyclic) bond motifs is 1. The molecule has 0 aliphatic carbocycles. The SMILES string of the molecule is CCc1cnc(C(C)Nc2ncnc3ccccc23)s1. The molecule has 2 heterocycles. The number of anilines is 1. The fourth-order valence-corrected chi connectivity index (χ4v) is 2.93. The van der Waals surface area contributed by atoms with Crippen molar-refractivity contribution in [1.82, 2.24) is 15.0 Å². The molecule has 0 spiro atoms. The Kier molecular flexibility index (Phi) is 3.60. The van der Waals surface area contributed by atoms with Crippen molar-refractivity contribution in [3.05, 3.63) is 46.7 Å². The highest BCUT2D eigenvalue weighted by atomic mass is 32.1. The number of hydrogen-bond donors (Lipinski definition) is 1. The topological polar surface area (TPSA) is 50.7 Å². The Morgan fingerprint density at radius 3 is 2.85 bits per heavy atom. The van der Waals surface area contributed by atoms with E-state index in [9.17, 15) is 0 Å². The number of aryl methyl sites for hydroxylation is 1. The molecule has 1 aromatic carbocycles. The molecule has 2 aromatic heterocycles. The van der Waals surface area contributed by atoms with E-state index >= 15 is 0 Å². The Bertz CT molecular complexity index is 717. The van der Waals surface area contributed by atoms with Crippen LogP contribution in [0, 0.1) is 0 Å². The van der Waals surface area contributed by atoms with Crippen molar-refractivity contribution < 1.29 is 0 Å². The molecule has 3 rings (SSSR count). The third-order valence-electron chi connectivity index (χ3n) is 3.19. The number of benzene rings is 1. The Labute approximate surface area is 121 Å². The molecule has 0 aliphatic heterocycles. The molecule has 1 atom stereocenters. The van der Waals surface area contributed by atoms with Crippen LogP contribution < -0.4 is 5.32 Å². The summed E-state index contributed by atoms with van der Waals surface area (Å²) in [6.45, 7) is 4.25. The molecule has 1 unspecified atom stereocenters. The van der Waals surface area contributed by atoms with Crippen LogP contribution in [-0.2, 0) is 6.42 Å². The van der Waals surface area contributed by atoms with Gasteiger partial charge in [-0.05, 0) is 25.5 Å². The van der Waals surface area contributed by atoms with Crippen LogP contribution in [0.15, 0.2) is 36.8 Å². The molecule has 0 bridgehead atoms. The molecular formula is C15H16N4S. The molecule has 3 aromatic rings. The van der Waals surface area contributed by atoms with E-state index in [0.717, 1.165) is 28.1 Å². The van der Waals surface area contributed by atoms with Gasteiger partial charge in [0.05, 0.1) is 11.6 Å². The van der Waals surface area contributed by atoms with Gasteiger partial charge >= 0.3 is 0 Å². The standard InChI is InChI=1S/C15H16N4S/c1-3-11-8-16-15(20-11)10(2)19-14-12-6-4-5-7-13(12)17-9-18-14/h4-10H,3H2,1-2H3,(H,17,18,19). The largest absolute Gasteiger partial charge is 0.360 e. The van der Waals surface area contributed by atoms with E-state index in [-0.39, 0.29) is 6.04 Å². The number of nitrogens with one attached hydrogen (secondary N) is 1. The smallest absolute Gasteiger partial charge is 0.137 e. The van der Waals surface area contributed by atoms with Crippen molar-refractivity contribution in [2.75, 3.05) is 5.32 Å². The van der Waals surface area contributed by atoms with E-state index < -0.39 is 0 Å². The summed E-state index contributed by atoms with van der Waals surface area (Å²) in [7, 11) is 0. The summed E-state index contributed by atoms with van der Waals surface area (Å²) in [6, 6.07) is 8.14. The van der Waals surface area contributed by atoms with Gasteiger partial charge in [-0.25, -0.2) is 15.0 Å².